The number of nitrogens with zero attached hydrogens (tertiary/aromatic N) is 1. The third kappa shape index (κ3) is 2.94. The molecular weight excluding hydrogens is 366 g/mol. The minimum absolute atomic E-state index is 0.0193. The molecule has 0 spiro atoms. The van der Waals surface area contributed by atoms with E-state index >= 15 is 0 Å². The highest BCUT2D eigenvalue weighted by Gasteiger charge is 2.33. The van der Waals surface area contributed by atoms with Crippen molar-refractivity contribution in [3.05, 3.63) is 70.3 Å². The highest BCUT2D eigenvalue weighted by atomic mass is 16.8. The van der Waals surface area contributed by atoms with Gasteiger partial charge in [0.05, 0.1) is 0 Å². The maximum atomic E-state index is 12.7. The fraction of sp³-hybridized carbons (Fsp3) is 0.150. The number of fused-ring (bicyclic) bond motifs is 2. The van der Waals surface area contributed by atoms with Crippen LogP contribution in [-0.4, -0.2) is 34.6 Å². The van der Waals surface area contributed by atoms with Gasteiger partial charge in [-0.25, -0.2) is 4.79 Å². The van der Waals surface area contributed by atoms with Gasteiger partial charge in [-0.15, -0.1) is 0 Å². The quantitative estimate of drug-likeness (QED) is 0.507. The monoisotopic (exact) mass is 379 g/mol. The highest BCUT2D eigenvalue weighted by Crippen LogP contribution is 2.28. The molecular formula is C20H13NO7. The van der Waals surface area contributed by atoms with Gasteiger partial charge >= 0.3 is 6.16 Å². The number of ketones is 2. The Morgan fingerprint density at radius 3 is 2.04 bits per heavy atom. The number of carbonyl (C=O) groups is 5. The van der Waals surface area contributed by atoms with Crippen molar-refractivity contribution in [2.24, 2.45) is 0 Å². The number of imide groups is 1. The van der Waals surface area contributed by atoms with Crippen LogP contribution in [0.4, 0.5) is 4.79 Å². The van der Waals surface area contributed by atoms with Gasteiger partial charge < -0.3 is 4.74 Å². The van der Waals surface area contributed by atoms with Crippen molar-refractivity contribution in [1.82, 2.24) is 5.06 Å². The Balaban J connectivity index is 1.48. The van der Waals surface area contributed by atoms with E-state index in [0.717, 1.165) is 0 Å². The van der Waals surface area contributed by atoms with Crippen LogP contribution in [0, 0.1) is 0 Å². The van der Waals surface area contributed by atoms with Crippen LogP contribution in [0.2, 0.25) is 0 Å². The summed E-state index contributed by atoms with van der Waals surface area (Å²) < 4.78 is 4.91. The smallest absolute Gasteiger partial charge is 0.428 e. The van der Waals surface area contributed by atoms with E-state index in [0.29, 0.717) is 21.8 Å². The van der Waals surface area contributed by atoms with Crippen LogP contribution in [0.25, 0.3) is 0 Å². The van der Waals surface area contributed by atoms with Gasteiger partial charge in [-0.05, 0) is 17.7 Å². The van der Waals surface area contributed by atoms with Gasteiger partial charge in [0.25, 0.3) is 11.8 Å². The molecule has 0 aromatic heterocycles. The summed E-state index contributed by atoms with van der Waals surface area (Å²) in [4.78, 5) is 64.4. The molecule has 0 N–H and O–H groups in total. The van der Waals surface area contributed by atoms with E-state index in [9.17, 15) is 24.0 Å². The van der Waals surface area contributed by atoms with E-state index in [1.165, 1.54) is 12.1 Å². The lowest BCUT2D eigenvalue weighted by molar-refractivity contribution is -0.177. The summed E-state index contributed by atoms with van der Waals surface area (Å²) >= 11 is 0. The molecule has 0 saturated carbocycles. The third-order valence-corrected chi connectivity index (χ3v) is 4.52. The van der Waals surface area contributed by atoms with E-state index in [2.05, 4.69) is 4.84 Å². The Bertz CT molecular complexity index is 1040. The van der Waals surface area contributed by atoms with Crippen LogP contribution in [-0.2, 0) is 25.8 Å². The first-order chi connectivity index (χ1) is 13.5. The predicted octanol–water partition coefficient (Wildman–Crippen LogP) is 2.18. The molecule has 8 nitrogen and oxygen atoms in total. The normalized spacial score (nSPS) is 15.4. The Labute approximate surface area is 158 Å². The van der Waals surface area contributed by atoms with Gasteiger partial charge in [0.1, 0.15) is 6.61 Å². The average Bonchev–Trinajstić information content (AvgIpc) is 3.02. The third-order valence-electron chi connectivity index (χ3n) is 4.52. The van der Waals surface area contributed by atoms with Crippen molar-refractivity contribution < 1.29 is 33.5 Å². The van der Waals surface area contributed by atoms with Crippen molar-refractivity contribution in [3.63, 3.8) is 0 Å². The number of ether oxygens (including phenoxy) is 1. The van der Waals surface area contributed by atoms with Crippen LogP contribution in [0.3, 0.4) is 0 Å². The van der Waals surface area contributed by atoms with Gasteiger partial charge in [0.2, 0.25) is 0 Å². The maximum Gasteiger partial charge on any atom is 0.534 e. The zero-order valence-corrected chi connectivity index (χ0v) is 14.5. The van der Waals surface area contributed by atoms with Gasteiger partial charge in [0.15, 0.2) is 11.6 Å². The molecule has 1 heterocycles. The molecule has 0 unspecified atom stereocenters. The second-order valence-corrected chi connectivity index (χ2v) is 6.30. The molecule has 2 aromatic rings. The fourth-order valence-corrected chi connectivity index (χ4v) is 3.14. The molecule has 0 atom stereocenters. The number of hydroxylamine groups is 2. The first kappa shape index (κ1) is 17.6. The van der Waals surface area contributed by atoms with E-state index in [1.807, 2.05) is 0 Å². The number of benzene rings is 2. The topological polar surface area (TPSA) is 107 Å². The molecule has 1 aliphatic heterocycles. The van der Waals surface area contributed by atoms with Crippen LogP contribution >= 0.6 is 0 Å². The number of rotatable bonds is 3. The van der Waals surface area contributed by atoms with Gasteiger partial charge in [0, 0.05) is 35.1 Å². The largest absolute Gasteiger partial charge is 0.534 e. The van der Waals surface area contributed by atoms with Crippen molar-refractivity contribution >= 4 is 29.5 Å². The summed E-state index contributed by atoms with van der Waals surface area (Å²) in [6, 6.07) is 11.1. The summed E-state index contributed by atoms with van der Waals surface area (Å²) in [5, 5.41) is 0.383. The summed E-state index contributed by atoms with van der Waals surface area (Å²) in [6.45, 7) is -0.258. The molecule has 2 amide bonds. The summed E-state index contributed by atoms with van der Waals surface area (Å²) in [5.41, 5.74) is 1.64. The zero-order chi connectivity index (χ0) is 19.8. The molecule has 0 bridgehead atoms. The van der Waals surface area contributed by atoms with E-state index in [-0.39, 0.29) is 42.1 Å². The SMILES string of the molecule is O=C(OCc1ccc2c(c1)C(=O)c1ccccc1C2=O)ON1C(=O)CCC1=O. The second kappa shape index (κ2) is 6.73. The fourth-order valence-electron chi connectivity index (χ4n) is 3.14. The van der Waals surface area contributed by atoms with Crippen LogP contribution in [0.15, 0.2) is 42.5 Å². The van der Waals surface area contributed by atoms with Crippen LogP contribution in [0.1, 0.15) is 50.2 Å². The number of hydrogen-bond donors (Lipinski definition) is 0. The molecule has 2 aliphatic rings. The maximum absolute atomic E-state index is 12.7. The number of hydrogen-bond acceptors (Lipinski definition) is 7. The Kier molecular flexibility index (Phi) is 4.23. The lowest BCUT2D eigenvalue weighted by Crippen LogP contribution is -2.32. The van der Waals surface area contributed by atoms with E-state index < -0.39 is 18.0 Å². The van der Waals surface area contributed by atoms with Crippen LogP contribution in [0.5, 0.6) is 0 Å². The van der Waals surface area contributed by atoms with Crippen molar-refractivity contribution in [2.45, 2.75) is 19.4 Å². The zero-order valence-electron chi connectivity index (χ0n) is 14.5. The summed E-state index contributed by atoms with van der Waals surface area (Å²) in [5.74, 6) is -1.76. The lowest BCUT2D eigenvalue weighted by atomic mass is 9.83. The molecule has 4 rings (SSSR count). The summed E-state index contributed by atoms with van der Waals surface area (Å²) in [7, 11) is 0. The van der Waals surface area contributed by atoms with Gasteiger partial charge in [-0.1, -0.05) is 35.4 Å². The Hall–Kier alpha value is -3.81. The van der Waals surface area contributed by atoms with E-state index in [1.54, 1.807) is 30.3 Å². The number of carbonyl (C=O) groups excluding carboxylic acids is 5. The second-order valence-electron chi connectivity index (χ2n) is 6.30. The highest BCUT2D eigenvalue weighted by molar-refractivity contribution is 6.28. The molecule has 1 aliphatic carbocycles. The molecule has 1 saturated heterocycles. The van der Waals surface area contributed by atoms with Crippen molar-refractivity contribution in [2.75, 3.05) is 0 Å². The number of amides is 2. The molecule has 1 fully saturated rings. The summed E-state index contributed by atoms with van der Waals surface area (Å²) in [6.07, 6.45) is -1.25. The predicted molar refractivity (Wildman–Crippen MR) is 92.1 cm³/mol. The molecule has 8 heteroatoms. The van der Waals surface area contributed by atoms with Gasteiger partial charge in [-0.3, -0.25) is 24.0 Å². The minimum Gasteiger partial charge on any atom is -0.428 e. The van der Waals surface area contributed by atoms with E-state index in [4.69, 9.17) is 4.74 Å². The molecule has 140 valence electrons. The van der Waals surface area contributed by atoms with Crippen LogP contribution < -0.4 is 0 Å². The molecule has 0 radical (unpaired) electrons. The van der Waals surface area contributed by atoms with Gasteiger partial charge in [-0.2, -0.15) is 0 Å². The minimum atomic E-state index is -1.21. The van der Waals surface area contributed by atoms with Crippen molar-refractivity contribution in [3.8, 4) is 0 Å². The standard InChI is InChI=1S/C20H13NO7/c22-16-7-8-17(23)21(16)28-20(26)27-10-11-5-6-14-15(9-11)19(25)13-4-2-1-3-12(13)18(14)24/h1-6,9H,7-8,10H2. The lowest BCUT2D eigenvalue weighted by Gasteiger charge is -2.18. The molecule has 28 heavy (non-hydrogen) atoms. The first-order valence-electron chi connectivity index (χ1n) is 8.47. The first-order valence-corrected chi connectivity index (χ1v) is 8.47. The Morgan fingerprint density at radius 2 is 1.39 bits per heavy atom. The van der Waals surface area contributed by atoms with Crippen molar-refractivity contribution in [1.29, 1.82) is 0 Å². The Morgan fingerprint density at radius 1 is 0.821 bits per heavy atom. The average molecular weight is 379 g/mol. The molecule has 2 aromatic carbocycles.